The fourth-order valence-corrected chi connectivity index (χ4v) is 3.66. The molecule has 1 saturated heterocycles. The van der Waals surface area contributed by atoms with Crippen molar-refractivity contribution >= 4 is 22.3 Å². The third-order valence-electron chi connectivity index (χ3n) is 5.23. The van der Waals surface area contributed by atoms with Crippen LogP contribution in [0, 0.1) is 10.1 Å². The van der Waals surface area contributed by atoms with Crippen molar-refractivity contribution in [2.24, 2.45) is 0 Å². The summed E-state index contributed by atoms with van der Waals surface area (Å²) in [5, 5.41) is 11.7. The number of hydrogen-bond donors (Lipinski definition) is 0. The molecule has 1 fully saturated rings. The number of non-ortho nitro benzene ring substituents is 1. The molecule has 29 heavy (non-hydrogen) atoms. The van der Waals surface area contributed by atoms with Crippen LogP contribution in [0.2, 0.25) is 0 Å². The van der Waals surface area contributed by atoms with E-state index >= 15 is 0 Å². The lowest BCUT2D eigenvalue weighted by atomic mass is 10.1. The normalized spacial score (nSPS) is 14.9. The van der Waals surface area contributed by atoms with Gasteiger partial charge in [-0.3, -0.25) is 15.0 Å². The predicted octanol–water partition coefficient (Wildman–Crippen LogP) is 3.03. The highest BCUT2D eigenvalue weighted by Gasteiger charge is 2.19. The number of fused-ring (bicyclic) bond motifs is 1. The summed E-state index contributed by atoms with van der Waals surface area (Å²) in [5.41, 5.74) is 2.16. The molecule has 1 aliphatic rings. The lowest BCUT2D eigenvalue weighted by Gasteiger charge is -2.36. The molecule has 0 atom stereocenters. The number of methoxy groups -OCH3 is 1. The van der Waals surface area contributed by atoms with Crippen LogP contribution in [0.15, 0.2) is 57.7 Å². The van der Waals surface area contributed by atoms with Crippen molar-refractivity contribution in [2.75, 3.05) is 38.2 Å². The van der Waals surface area contributed by atoms with Gasteiger partial charge in [0.1, 0.15) is 11.3 Å². The van der Waals surface area contributed by atoms with Gasteiger partial charge in [0, 0.05) is 68.1 Å². The van der Waals surface area contributed by atoms with Crippen LogP contribution < -0.4 is 15.3 Å². The van der Waals surface area contributed by atoms with Gasteiger partial charge in [-0.1, -0.05) is 0 Å². The van der Waals surface area contributed by atoms with E-state index in [1.165, 1.54) is 12.1 Å². The average molecular weight is 395 g/mol. The lowest BCUT2D eigenvalue weighted by molar-refractivity contribution is -0.384. The minimum Gasteiger partial charge on any atom is -0.497 e. The van der Waals surface area contributed by atoms with Crippen molar-refractivity contribution in [1.82, 2.24) is 4.90 Å². The Balaban J connectivity index is 1.46. The molecule has 8 nitrogen and oxygen atoms in total. The zero-order valence-electron chi connectivity index (χ0n) is 16.0. The zero-order chi connectivity index (χ0) is 20.4. The molecule has 0 bridgehead atoms. The number of nitrogens with zero attached hydrogens (tertiary/aromatic N) is 3. The molecule has 0 unspecified atom stereocenters. The summed E-state index contributed by atoms with van der Waals surface area (Å²) in [7, 11) is 1.58. The van der Waals surface area contributed by atoms with Crippen molar-refractivity contribution < 1.29 is 14.1 Å². The van der Waals surface area contributed by atoms with Gasteiger partial charge in [0.2, 0.25) is 0 Å². The summed E-state index contributed by atoms with van der Waals surface area (Å²) in [4.78, 5) is 26.9. The zero-order valence-corrected chi connectivity index (χ0v) is 16.0. The standard InChI is InChI=1S/C21H21N3O5/c1-28-18-6-7-19-15(12-21(25)29-20(19)13-18)14-22-8-10-23(11-9-22)16-2-4-17(5-3-16)24(26)27/h2-7,12-13H,8-11,14H2,1H3. The smallest absolute Gasteiger partial charge is 0.336 e. The second-order valence-corrected chi connectivity index (χ2v) is 6.99. The molecule has 2 aromatic carbocycles. The number of benzene rings is 2. The molecule has 8 heteroatoms. The maximum atomic E-state index is 12.0. The first-order valence-corrected chi connectivity index (χ1v) is 9.36. The molecule has 0 aliphatic carbocycles. The van der Waals surface area contributed by atoms with E-state index in [0.29, 0.717) is 17.9 Å². The van der Waals surface area contributed by atoms with E-state index in [0.717, 1.165) is 42.8 Å². The second kappa shape index (κ2) is 7.92. The topological polar surface area (TPSA) is 89.1 Å². The Hall–Kier alpha value is -3.39. The molecule has 150 valence electrons. The van der Waals surface area contributed by atoms with E-state index in [-0.39, 0.29) is 11.3 Å². The molecular formula is C21H21N3O5. The molecule has 1 aliphatic heterocycles. The molecule has 2 heterocycles. The monoisotopic (exact) mass is 395 g/mol. The highest BCUT2D eigenvalue weighted by atomic mass is 16.6. The first-order chi connectivity index (χ1) is 14.0. The van der Waals surface area contributed by atoms with Crippen LogP contribution in [0.3, 0.4) is 0 Å². The van der Waals surface area contributed by atoms with E-state index in [9.17, 15) is 14.9 Å². The first kappa shape index (κ1) is 18.9. The van der Waals surface area contributed by atoms with Crippen molar-refractivity contribution in [3.05, 3.63) is 74.6 Å². The number of nitro benzene ring substituents is 1. The summed E-state index contributed by atoms with van der Waals surface area (Å²) in [6.45, 7) is 3.93. The number of rotatable bonds is 5. The maximum absolute atomic E-state index is 12.0. The highest BCUT2D eigenvalue weighted by molar-refractivity contribution is 5.81. The molecule has 0 radical (unpaired) electrons. The van der Waals surface area contributed by atoms with E-state index in [1.54, 1.807) is 31.4 Å². The van der Waals surface area contributed by atoms with E-state index in [4.69, 9.17) is 9.15 Å². The van der Waals surface area contributed by atoms with E-state index in [2.05, 4.69) is 9.80 Å². The molecule has 0 saturated carbocycles. The van der Waals surface area contributed by atoms with E-state index < -0.39 is 4.92 Å². The molecule has 4 rings (SSSR count). The Morgan fingerprint density at radius 2 is 1.79 bits per heavy atom. The Bertz CT molecular complexity index is 1090. The van der Waals surface area contributed by atoms with Crippen LogP contribution in [0.1, 0.15) is 5.56 Å². The molecular weight excluding hydrogens is 374 g/mol. The van der Waals surface area contributed by atoms with E-state index in [1.807, 2.05) is 12.1 Å². The van der Waals surface area contributed by atoms with Gasteiger partial charge >= 0.3 is 5.63 Å². The summed E-state index contributed by atoms with van der Waals surface area (Å²) in [6.07, 6.45) is 0. The van der Waals surface area contributed by atoms with Gasteiger partial charge < -0.3 is 14.1 Å². The van der Waals surface area contributed by atoms with Crippen LogP contribution in [0.4, 0.5) is 11.4 Å². The Morgan fingerprint density at radius 3 is 2.45 bits per heavy atom. The second-order valence-electron chi connectivity index (χ2n) is 6.99. The summed E-state index contributed by atoms with van der Waals surface area (Å²) in [6, 6.07) is 13.7. The van der Waals surface area contributed by atoms with Gasteiger partial charge in [-0.05, 0) is 29.8 Å². The minimum atomic E-state index is -0.391. The Kier molecular flexibility index (Phi) is 5.18. The van der Waals surface area contributed by atoms with Crippen molar-refractivity contribution in [1.29, 1.82) is 0 Å². The molecule has 0 spiro atoms. The lowest BCUT2D eigenvalue weighted by Crippen LogP contribution is -2.46. The number of anilines is 1. The van der Waals surface area contributed by atoms with Crippen molar-refractivity contribution in [3.63, 3.8) is 0 Å². The van der Waals surface area contributed by atoms with Gasteiger partial charge in [-0.2, -0.15) is 0 Å². The molecule has 1 aromatic heterocycles. The first-order valence-electron chi connectivity index (χ1n) is 9.36. The number of ether oxygens (including phenoxy) is 1. The van der Waals surface area contributed by atoms with Gasteiger partial charge in [-0.15, -0.1) is 0 Å². The SMILES string of the molecule is COc1ccc2c(CN3CCN(c4ccc([N+](=O)[O-])cc4)CC3)cc(=O)oc2c1. The predicted molar refractivity (Wildman–Crippen MR) is 110 cm³/mol. The highest BCUT2D eigenvalue weighted by Crippen LogP contribution is 2.25. The number of hydrogen-bond acceptors (Lipinski definition) is 7. The number of nitro groups is 1. The van der Waals surface area contributed by atoms with Gasteiger partial charge in [0.15, 0.2) is 0 Å². The van der Waals surface area contributed by atoms with Gasteiger partial charge in [0.05, 0.1) is 12.0 Å². The third-order valence-corrected chi connectivity index (χ3v) is 5.23. The maximum Gasteiger partial charge on any atom is 0.336 e. The third kappa shape index (κ3) is 4.07. The van der Waals surface area contributed by atoms with Crippen LogP contribution >= 0.6 is 0 Å². The summed E-state index contributed by atoms with van der Waals surface area (Å²) < 4.78 is 10.5. The van der Waals surface area contributed by atoms with Crippen LogP contribution in [0.25, 0.3) is 11.0 Å². The largest absolute Gasteiger partial charge is 0.497 e. The van der Waals surface area contributed by atoms with Crippen molar-refractivity contribution in [2.45, 2.75) is 6.54 Å². The average Bonchev–Trinajstić information content (AvgIpc) is 2.73. The molecule has 0 N–H and O–H groups in total. The fraction of sp³-hybridized carbons (Fsp3) is 0.286. The summed E-state index contributed by atoms with van der Waals surface area (Å²) in [5.74, 6) is 0.648. The molecule has 0 amide bonds. The van der Waals surface area contributed by atoms with Crippen LogP contribution in [-0.2, 0) is 6.54 Å². The summed E-state index contributed by atoms with van der Waals surface area (Å²) >= 11 is 0. The molecule has 3 aromatic rings. The fourth-order valence-electron chi connectivity index (χ4n) is 3.66. The number of piperazine rings is 1. The Labute approximate surface area is 167 Å². The van der Waals surface area contributed by atoms with Gasteiger partial charge in [-0.25, -0.2) is 4.79 Å². The van der Waals surface area contributed by atoms with Gasteiger partial charge in [0.25, 0.3) is 5.69 Å². The van der Waals surface area contributed by atoms with Crippen LogP contribution in [0.5, 0.6) is 5.75 Å². The van der Waals surface area contributed by atoms with Crippen LogP contribution in [-0.4, -0.2) is 43.1 Å². The Morgan fingerprint density at radius 1 is 1.07 bits per heavy atom. The minimum absolute atomic E-state index is 0.0961. The quantitative estimate of drug-likeness (QED) is 0.373. The van der Waals surface area contributed by atoms with Crippen molar-refractivity contribution in [3.8, 4) is 5.75 Å².